The molecule has 2 heterocycles. The number of nitrogens with one attached hydrogen (secondary N) is 1. The van der Waals surface area contributed by atoms with Gasteiger partial charge in [-0.3, -0.25) is 14.3 Å². The Morgan fingerprint density at radius 2 is 2.22 bits per heavy atom. The van der Waals surface area contributed by atoms with Gasteiger partial charge >= 0.3 is 5.69 Å². The van der Waals surface area contributed by atoms with Crippen molar-refractivity contribution < 1.29 is 19.3 Å². The third-order valence-corrected chi connectivity index (χ3v) is 2.69. The highest BCUT2D eigenvalue weighted by atomic mass is 19.1. The average Bonchev–Trinajstić information content (AvgIpc) is 2.57. The van der Waals surface area contributed by atoms with E-state index in [9.17, 15) is 19.1 Å². The predicted molar refractivity (Wildman–Crippen MR) is 56.3 cm³/mol. The number of halogens is 1. The summed E-state index contributed by atoms with van der Waals surface area (Å²) >= 11 is 0. The van der Waals surface area contributed by atoms with Crippen molar-refractivity contribution in [2.75, 3.05) is 0 Å². The fraction of sp³-hybridized carbons (Fsp3) is 0.556. The number of ether oxygens (including phenoxy) is 1. The van der Waals surface area contributed by atoms with E-state index in [2.05, 4.69) is 0 Å². The van der Waals surface area contributed by atoms with Crippen LogP contribution in [0.1, 0.15) is 6.23 Å². The van der Waals surface area contributed by atoms with Crippen LogP contribution in [0.5, 0.6) is 0 Å². The molecule has 5 atom stereocenters. The van der Waals surface area contributed by atoms with Gasteiger partial charge in [-0.2, -0.15) is 0 Å². The van der Waals surface area contributed by atoms with Gasteiger partial charge in [0.1, 0.15) is 18.4 Å². The van der Waals surface area contributed by atoms with Crippen molar-refractivity contribution in [3.63, 3.8) is 0 Å². The van der Waals surface area contributed by atoms with Crippen molar-refractivity contribution in [3.8, 4) is 0 Å². The first-order valence-electron chi connectivity index (χ1n) is 5.14. The smallest absolute Gasteiger partial charge is 0.330 e. The number of rotatable bonds is 2. The number of aromatic amines is 1. The third-order valence-electron chi connectivity index (χ3n) is 2.69. The molecule has 1 fully saturated rings. The molecule has 0 bridgehead atoms. The third kappa shape index (κ3) is 2.08. The first-order valence-corrected chi connectivity index (χ1v) is 5.14. The van der Waals surface area contributed by atoms with Gasteiger partial charge in [0.05, 0.1) is 0 Å². The minimum atomic E-state index is -1.95. The molecular weight excluding hydrogens is 249 g/mol. The number of hydrogen-bond acceptors (Lipinski definition) is 6. The molecule has 5 N–H and O–H groups in total. The molecule has 0 aromatic carbocycles. The van der Waals surface area contributed by atoms with E-state index >= 15 is 0 Å². The van der Waals surface area contributed by atoms with Gasteiger partial charge in [0.2, 0.25) is 0 Å². The van der Waals surface area contributed by atoms with E-state index in [1.807, 2.05) is 4.98 Å². The summed E-state index contributed by atoms with van der Waals surface area (Å²) in [4.78, 5) is 24.2. The van der Waals surface area contributed by atoms with Gasteiger partial charge in [0.25, 0.3) is 5.56 Å². The molecule has 9 heteroatoms. The number of nitrogens with zero attached hydrogens (tertiary/aromatic N) is 1. The summed E-state index contributed by atoms with van der Waals surface area (Å²) in [7, 11) is 0. The molecule has 0 amide bonds. The van der Waals surface area contributed by atoms with E-state index in [0.29, 0.717) is 0 Å². The largest absolute Gasteiger partial charge is 0.387 e. The van der Waals surface area contributed by atoms with Crippen LogP contribution in [-0.2, 0) is 4.74 Å². The molecule has 0 radical (unpaired) electrons. The number of aromatic nitrogens is 2. The SMILES string of the molecule is NC(O)[C@H]1O[C@@H](n2ccc(=O)[nH]c2=O)C(F)[C@@H]1O. The maximum absolute atomic E-state index is 13.8. The molecule has 0 aliphatic carbocycles. The molecule has 2 rings (SSSR count). The maximum Gasteiger partial charge on any atom is 0.330 e. The van der Waals surface area contributed by atoms with Gasteiger partial charge in [-0.1, -0.05) is 0 Å². The summed E-state index contributed by atoms with van der Waals surface area (Å²) in [6.07, 6.45) is -6.94. The molecule has 1 aromatic rings. The van der Waals surface area contributed by atoms with Crippen LogP contribution in [0.25, 0.3) is 0 Å². The number of nitrogens with two attached hydrogens (primary N) is 1. The molecule has 1 aromatic heterocycles. The fourth-order valence-electron chi connectivity index (χ4n) is 1.80. The summed E-state index contributed by atoms with van der Waals surface area (Å²) in [5.41, 5.74) is 3.59. The fourth-order valence-corrected chi connectivity index (χ4v) is 1.80. The van der Waals surface area contributed by atoms with Crippen LogP contribution in [-0.4, -0.2) is 44.4 Å². The van der Waals surface area contributed by atoms with Crippen molar-refractivity contribution in [2.24, 2.45) is 5.73 Å². The number of hydrogen-bond donors (Lipinski definition) is 4. The Kier molecular flexibility index (Phi) is 3.30. The summed E-state index contributed by atoms with van der Waals surface area (Å²) in [6.45, 7) is 0. The van der Waals surface area contributed by atoms with Crippen molar-refractivity contribution in [3.05, 3.63) is 33.1 Å². The average molecular weight is 261 g/mol. The second kappa shape index (κ2) is 4.61. The molecule has 100 valence electrons. The minimum Gasteiger partial charge on any atom is -0.387 e. The highest BCUT2D eigenvalue weighted by Gasteiger charge is 2.47. The van der Waals surface area contributed by atoms with Crippen molar-refractivity contribution in [1.29, 1.82) is 0 Å². The molecule has 1 aliphatic rings. The molecule has 0 spiro atoms. The Balaban J connectivity index is 2.35. The molecular formula is C9H12FN3O5. The van der Waals surface area contributed by atoms with Crippen LogP contribution >= 0.6 is 0 Å². The van der Waals surface area contributed by atoms with Crippen LogP contribution in [0.2, 0.25) is 0 Å². The zero-order valence-corrected chi connectivity index (χ0v) is 9.06. The maximum atomic E-state index is 13.8. The van der Waals surface area contributed by atoms with E-state index < -0.39 is 42.1 Å². The minimum absolute atomic E-state index is 0.638. The highest BCUT2D eigenvalue weighted by Crippen LogP contribution is 2.31. The van der Waals surface area contributed by atoms with E-state index in [1.54, 1.807) is 0 Å². The Bertz CT molecular complexity index is 541. The van der Waals surface area contributed by atoms with E-state index in [4.69, 9.17) is 15.6 Å². The van der Waals surface area contributed by atoms with Crippen LogP contribution in [0.4, 0.5) is 4.39 Å². The van der Waals surface area contributed by atoms with Gasteiger partial charge in [0.15, 0.2) is 12.4 Å². The van der Waals surface area contributed by atoms with E-state index in [-0.39, 0.29) is 0 Å². The summed E-state index contributed by atoms with van der Waals surface area (Å²) in [5, 5.41) is 18.6. The lowest BCUT2D eigenvalue weighted by Gasteiger charge is -2.17. The topological polar surface area (TPSA) is 131 Å². The standard InChI is InChI=1S/C9H12FN3O5/c10-4-5(15)6(7(11)16)18-8(4)13-2-1-3(14)12-9(13)17/h1-2,4-8,15-16H,11H2,(H,12,14,17)/t4?,5-,6-,7?,8+/m0/s1. The molecule has 2 unspecified atom stereocenters. The highest BCUT2D eigenvalue weighted by molar-refractivity contribution is 4.94. The Morgan fingerprint density at radius 1 is 1.56 bits per heavy atom. The Labute approximate surface area is 99.4 Å². The molecule has 1 saturated heterocycles. The first-order chi connectivity index (χ1) is 8.41. The second-order valence-electron chi connectivity index (χ2n) is 3.93. The molecule has 0 saturated carbocycles. The van der Waals surface area contributed by atoms with Crippen molar-refractivity contribution in [2.45, 2.75) is 30.8 Å². The molecule has 18 heavy (non-hydrogen) atoms. The van der Waals surface area contributed by atoms with Crippen LogP contribution < -0.4 is 17.0 Å². The summed E-state index contributed by atoms with van der Waals surface area (Å²) in [5.74, 6) is 0. The number of aliphatic hydroxyl groups is 2. The lowest BCUT2D eigenvalue weighted by molar-refractivity contribution is -0.0821. The zero-order chi connectivity index (χ0) is 13.4. The lowest BCUT2D eigenvalue weighted by atomic mass is 10.1. The van der Waals surface area contributed by atoms with Gasteiger partial charge < -0.3 is 20.7 Å². The van der Waals surface area contributed by atoms with Gasteiger partial charge in [-0.05, 0) is 0 Å². The molecule has 8 nitrogen and oxygen atoms in total. The predicted octanol–water partition coefficient (Wildman–Crippen LogP) is -2.59. The van der Waals surface area contributed by atoms with Crippen molar-refractivity contribution >= 4 is 0 Å². The van der Waals surface area contributed by atoms with Crippen LogP contribution in [0.3, 0.4) is 0 Å². The normalized spacial score (nSPS) is 33.6. The van der Waals surface area contributed by atoms with Crippen molar-refractivity contribution in [1.82, 2.24) is 9.55 Å². The first kappa shape index (κ1) is 12.9. The van der Waals surface area contributed by atoms with Gasteiger partial charge in [-0.25, -0.2) is 9.18 Å². The number of H-pyrrole nitrogens is 1. The van der Waals surface area contributed by atoms with Crippen LogP contribution in [0, 0.1) is 0 Å². The van der Waals surface area contributed by atoms with Gasteiger partial charge in [-0.15, -0.1) is 0 Å². The van der Waals surface area contributed by atoms with Gasteiger partial charge in [0, 0.05) is 12.3 Å². The zero-order valence-electron chi connectivity index (χ0n) is 9.06. The Morgan fingerprint density at radius 3 is 2.72 bits per heavy atom. The molecule has 1 aliphatic heterocycles. The lowest BCUT2D eigenvalue weighted by Crippen LogP contribution is -2.42. The number of aliphatic hydroxyl groups excluding tert-OH is 2. The van der Waals surface area contributed by atoms with E-state index in [0.717, 1.165) is 16.8 Å². The second-order valence-corrected chi connectivity index (χ2v) is 3.93. The Hall–Kier alpha value is -1.55. The quantitative estimate of drug-likeness (QED) is 0.432. The summed E-state index contributed by atoms with van der Waals surface area (Å²) in [6, 6.07) is 1.01. The number of alkyl halides is 1. The van der Waals surface area contributed by atoms with E-state index in [1.165, 1.54) is 0 Å². The summed E-state index contributed by atoms with van der Waals surface area (Å²) < 4.78 is 19.5. The monoisotopic (exact) mass is 261 g/mol. The van der Waals surface area contributed by atoms with Crippen LogP contribution in [0.15, 0.2) is 21.9 Å².